The van der Waals surface area contributed by atoms with Crippen molar-refractivity contribution in [3.05, 3.63) is 48.3 Å². The van der Waals surface area contributed by atoms with E-state index in [2.05, 4.69) is 4.98 Å². The second-order valence-corrected chi connectivity index (χ2v) is 8.64. The van der Waals surface area contributed by atoms with Gasteiger partial charge in [0.1, 0.15) is 11.4 Å². The molecule has 4 rings (SSSR count). The molecule has 1 saturated heterocycles. The van der Waals surface area contributed by atoms with E-state index < -0.39 is 5.60 Å². The van der Waals surface area contributed by atoms with Gasteiger partial charge in [-0.2, -0.15) is 5.10 Å². The molecule has 1 fully saturated rings. The Morgan fingerprint density at radius 3 is 2.60 bits per heavy atom. The summed E-state index contributed by atoms with van der Waals surface area (Å²) < 4.78 is 12.8. The lowest BCUT2D eigenvalue weighted by molar-refractivity contribution is 0.0203. The number of carbonyl (C=O) groups excluding carboxylic acids is 1. The van der Waals surface area contributed by atoms with Crippen molar-refractivity contribution >= 4 is 11.7 Å². The van der Waals surface area contributed by atoms with Crippen LogP contribution >= 0.6 is 0 Å². The SMILES string of the molecule is COc1cccc(-c2cc3nccc(C4CCN(C(=O)OC(C)(C)C)CC4)n3n2)c1. The number of likely N-dealkylation sites (tertiary alicyclic amines) is 1. The van der Waals surface area contributed by atoms with Gasteiger partial charge in [-0.3, -0.25) is 0 Å². The van der Waals surface area contributed by atoms with Crippen LogP contribution in [0.5, 0.6) is 5.75 Å². The summed E-state index contributed by atoms with van der Waals surface area (Å²) in [5.41, 5.74) is 3.32. The third kappa shape index (κ3) is 4.25. The molecule has 0 aliphatic carbocycles. The van der Waals surface area contributed by atoms with Gasteiger partial charge >= 0.3 is 6.09 Å². The van der Waals surface area contributed by atoms with Crippen LogP contribution in [0.2, 0.25) is 0 Å². The zero-order valence-corrected chi connectivity index (χ0v) is 18.0. The molecule has 0 N–H and O–H groups in total. The maximum Gasteiger partial charge on any atom is 0.410 e. The molecule has 1 amide bonds. The van der Waals surface area contributed by atoms with Crippen molar-refractivity contribution in [3.8, 4) is 17.0 Å². The van der Waals surface area contributed by atoms with Gasteiger partial charge in [-0.25, -0.2) is 14.3 Å². The highest BCUT2D eigenvalue weighted by atomic mass is 16.6. The predicted molar refractivity (Wildman–Crippen MR) is 115 cm³/mol. The Morgan fingerprint density at radius 2 is 1.90 bits per heavy atom. The molecule has 3 aromatic rings. The third-order valence-corrected chi connectivity index (χ3v) is 5.32. The van der Waals surface area contributed by atoms with Crippen LogP contribution in [-0.4, -0.2) is 51.4 Å². The maximum absolute atomic E-state index is 12.3. The summed E-state index contributed by atoms with van der Waals surface area (Å²) in [5, 5.41) is 4.83. The number of nitrogens with zero attached hydrogens (tertiary/aromatic N) is 4. The molecule has 0 spiro atoms. The topological polar surface area (TPSA) is 69.0 Å². The highest BCUT2D eigenvalue weighted by molar-refractivity contribution is 5.68. The molecule has 0 atom stereocenters. The molecule has 2 aromatic heterocycles. The summed E-state index contributed by atoms with van der Waals surface area (Å²) in [7, 11) is 1.66. The van der Waals surface area contributed by atoms with Crippen LogP contribution in [0.1, 0.15) is 45.2 Å². The Morgan fingerprint density at radius 1 is 1.13 bits per heavy atom. The summed E-state index contributed by atoms with van der Waals surface area (Å²) >= 11 is 0. The zero-order valence-electron chi connectivity index (χ0n) is 18.0. The van der Waals surface area contributed by atoms with Gasteiger partial charge in [0.25, 0.3) is 0 Å². The van der Waals surface area contributed by atoms with Crippen molar-refractivity contribution in [2.75, 3.05) is 20.2 Å². The molecule has 0 radical (unpaired) electrons. The summed E-state index contributed by atoms with van der Waals surface area (Å²) in [6, 6.07) is 11.9. The van der Waals surface area contributed by atoms with E-state index in [9.17, 15) is 4.79 Å². The highest BCUT2D eigenvalue weighted by Gasteiger charge is 2.28. The molecule has 1 aliphatic heterocycles. The molecular weight excluding hydrogens is 380 g/mol. The Labute approximate surface area is 176 Å². The lowest BCUT2D eigenvalue weighted by Crippen LogP contribution is -2.41. The fourth-order valence-electron chi connectivity index (χ4n) is 3.83. The number of benzene rings is 1. The van der Waals surface area contributed by atoms with Crippen molar-refractivity contribution < 1.29 is 14.3 Å². The van der Waals surface area contributed by atoms with E-state index in [0.717, 1.165) is 41.2 Å². The number of hydrogen-bond acceptors (Lipinski definition) is 5. The highest BCUT2D eigenvalue weighted by Crippen LogP contribution is 2.30. The normalized spacial score (nSPS) is 15.4. The van der Waals surface area contributed by atoms with E-state index in [0.29, 0.717) is 19.0 Å². The average Bonchev–Trinajstić information content (AvgIpc) is 3.17. The lowest BCUT2D eigenvalue weighted by atomic mass is 9.93. The Kier molecular flexibility index (Phi) is 5.37. The maximum atomic E-state index is 12.3. The van der Waals surface area contributed by atoms with Crippen LogP contribution in [0.15, 0.2) is 42.6 Å². The van der Waals surface area contributed by atoms with Gasteiger partial charge in [0.2, 0.25) is 0 Å². The summed E-state index contributed by atoms with van der Waals surface area (Å²) in [4.78, 5) is 18.6. The minimum absolute atomic E-state index is 0.236. The second-order valence-electron chi connectivity index (χ2n) is 8.64. The molecule has 30 heavy (non-hydrogen) atoms. The van der Waals surface area contributed by atoms with Gasteiger partial charge in [-0.15, -0.1) is 0 Å². The fraction of sp³-hybridized carbons (Fsp3) is 0.435. The van der Waals surface area contributed by atoms with Crippen molar-refractivity contribution in [2.24, 2.45) is 0 Å². The van der Waals surface area contributed by atoms with E-state index in [1.165, 1.54) is 0 Å². The predicted octanol–water partition coefficient (Wildman–Crippen LogP) is 4.52. The molecule has 1 aliphatic rings. The number of methoxy groups -OCH3 is 1. The smallest absolute Gasteiger partial charge is 0.410 e. The third-order valence-electron chi connectivity index (χ3n) is 5.32. The molecule has 7 nitrogen and oxygen atoms in total. The number of carbonyl (C=O) groups is 1. The van der Waals surface area contributed by atoms with Crippen molar-refractivity contribution in [1.82, 2.24) is 19.5 Å². The standard InChI is InChI=1S/C23H28N4O3/c1-23(2,3)30-22(28)26-12-9-16(10-13-26)20-8-11-24-21-15-19(25-27(20)21)17-6-5-7-18(14-17)29-4/h5-8,11,14-16H,9-10,12-13H2,1-4H3. The van der Waals surface area contributed by atoms with Gasteiger partial charge < -0.3 is 14.4 Å². The van der Waals surface area contributed by atoms with E-state index >= 15 is 0 Å². The largest absolute Gasteiger partial charge is 0.497 e. The van der Waals surface area contributed by atoms with Gasteiger partial charge in [0.15, 0.2) is 5.65 Å². The Bertz CT molecular complexity index is 1050. The molecule has 0 bridgehead atoms. The number of piperidine rings is 1. The fourth-order valence-corrected chi connectivity index (χ4v) is 3.83. The van der Waals surface area contributed by atoms with Crippen molar-refractivity contribution in [2.45, 2.75) is 45.1 Å². The zero-order chi connectivity index (χ0) is 21.3. The first-order valence-electron chi connectivity index (χ1n) is 10.3. The van der Waals surface area contributed by atoms with Crippen molar-refractivity contribution in [1.29, 1.82) is 0 Å². The Balaban J connectivity index is 1.54. The molecular formula is C23H28N4O3. The monoisotopic (exact) mass is 408 g/mol. The molecule has 158 valence electrons. The van der Waals surface area contributed by atoms with E-state index in [1.54, 1.807) is 12.0 Å². The lowest BCUT2D eigenvalue weighted by Gasteiger charge is -2.33. The first-order chi connectivity index (χ1) is 14.3. The second kappa shape index (κ2) is 7.97. The molecule has 0 unspecified atom stereocenters. The van der Waals surface area contributed by atoms with Gasteiger partial charge in [0, 0.05) is 42.5 Å². The number of hydrogen-bond donors (Lipinski definition) is 0. The Hall–Kier alpha value is -3.09. The number of fused-ring (bicyclic) bond motifs is 1. The summed E-state index contributed by atoms with van der Waals surface area (Å²) in [6.07, 6.45) is 3.33. The molecule has 1 aromatic carbocycles. The van der Waals surface area contributed by atoms with Crippen LogP contribution in [0, 0.1) is 0 Å². The van der Waals surface area contributed by atoms with Crippen molar-refractivity contribution in [3.63, 3.8) is 0 Å². The van der Waals surface area contributed by atoms with E-state index in [4.69, 9.17) is 14.6 Å². The quantitative estimate of drug-likeness (QED) is 0.637. The van der Waals surface area contributed by atoms with E-state index in [-0.39, 0.29) is 6.09 Å². The van der Waals surface area contributed by atoms with Gasteiger partial charge in [-0.05, 0) is 51.8 Å². The minimum atomic E-state index is -0.475. The van der Waals surface area contributed by atoms with Gasteiger partial charge in [0.05, 0.1) is 12.8 Å². The number of ether oxygens (including phenoxy) is 2. The van der Waals surface area contributed by atoms with Crippen LogP contribution in [0.4, 0.5) is 4.79 Å². The summed E-state index contributed by atoms with van der Waals surface area (Å²) in [6.45, 7) is 7.02. The molecule has 3 heterocycles. The number of amides is 1. The first-order valence-corrected chi connectivity index (χ1v) is 10.3. The minimum Gasteiger partial charge on any atom is -0.497 e. The first kappa shape index (κ1) is 20.2. The number of aromatic nitrogens is 3. The average molecular weight is 409 g/mol. The van der Waals surface area contributed by atoms with E-state index in [1.807, 2.05) is 67.9 Å². The van der Waals surface area contributed by atoms with Crippen LogP contribution in [-0.2, 0) is 4.74 Å². The van der Waals surface area contributed by atoms with Crippen LogP contribution in [0.25, 0.3) is 16.9 Å². The van der Waals surface area contributed by atoms with Crippen LogP contribution < -0.4 is 4.74 Å². The van der Waals surface area contributed by atoms with Crippen LogP contribution in [0.3, 0.4) is 0 Å². The van der Waals surface area contributed by atoms with Gasteiger partial charge in [-0.1, -0.05) is 12.1 Å². The molecule has 0 saturated carbocycles. The summed E-state index contributed by atoms with van der Waals surface area (Å²) in [5.74, 6) is 1.11. The molecule has 7 heteroatoms. The number of rotatable bonds is 3.